The standard InChI is InChI=1S/C22H23NO4S2/c1-3-26-19(24)14-16(21(25)27-4-2)20(15-10-6-5-7-11-15)29-22-23-17-12-8-9-13-18(17)28-22/h5-13,16,20H,3-4,14H2,1-2H3. The number of fused-ring (bicyclic) bond motifs is 1. The Bertz CT molecular complexity index is 925. The predicted molar refractivity (Wildman–Crippen MR) is 116 cm³/mol. The molecule has 0 spiro atoms. The van der Waals surface area contributed by atoms with Crippen molar-refractivity contribution in [2.24, 2.45) is 5.92 Å². The molecule has 3 aromatic rings. The summed E-state index contributed by atoms with van der Waals surface area (Å²) < 4.78 is 12.3. The number of esters is 2. The van der Waals surface area contributed by atoms with E-state index in [0.29, 0.717) is 0 Å². The number of rotatable bonds is 9. The summed E-state index contributed by atoms with van der Waals surface area (Å²) in [6.07, 6.45) is -0.0376. The molecule has 0 aliphatic rings. The van der Waals surface area contributed by atoms with Crippen molar-refractivity contribution in [3.05, 3.63) is 60.2 Å². The minimum absolute atomic E-state index is 0.0376. The molecule has 0 saturated carbocycles. The topological polar surface area (TPSA) is 65.5 Å². The number of carbonyl (C=O) groups is 2. The van der Waals surface area contributed by atoms with Crippen molar-refractivity contribution in [3.63, 3.8) is 0 Å². The third-order valence-electron chi connectivity index (χ3n) is 4.28. The summed E-state index contributed by atoms with van der Waals surface area (Å²) in [4.78, 5) is 29.7. The van der Waals surface area contributed by atoms with Gasteiger partial charge in [-0.15, -0.1) is 11.3 Å². The molecule has 5 nitrogen and oxygen atoms in total. The van der Waals surface area contributed by atoms with Crippen molar-refractivity contribution >= 4 is 45.3 Å². The lowest BCUT2D eigenvalue weighted by Crippen LogP contribution is -2.26. The van der Waals surface area contributed by atoms with Crippen molar-refractivity contribution < 1.29 is 19.1 Å². The molecule has 7 heteroatoms. The number of aromatic nitrogens is 1. The van der Waals surface area contributed by atoms with Crippen LogP contribution >= 0.6 is 23.1 Å². The molecule has 0 N–H and O–H groups in total. The van der Waals surface area contributed by atoms with Crippen LogP contribution in [0.4, 0.5) is 0 Å². The Hall–Kier alpha value is -2.38. The van der Waals surface area contributed by atoms with Crippen LogP contribution in [0, 0.1) is 5.92 Å². The van der Waals surface area contributed by atoms with Gasteiger partial charge in [0.2, 0.25) is 0 Å². The van der Waals surface area contributed by atoms with Gasteiger partial charge in [-0.2, -0.15) is 0 Å². The highest BCUT2D eigenvalue weighted by Gasteiger charge is 2.35. The van der Waals surface area contributed by atoms with Crippen molar-refractivity contribution in [2.75, 3.05) is 13.2 Å². The highest BCUT2D eigenvalue weighted by molar-refractivity contribution is 8.01. The van der Waals surface area contributed by atoms with E-state index in [1.165, 1.54) is 11.8 Å². The molecular formula is C22H23NO4S2. The lowest BCUT2D eigenvalue weighted by Gasteiger charge is -2.24. The van der Waals surface area contributed by atoms with Crippen LogP contribution in [-0.4, -0.2) is 30.1 Å². The molecule has 1 heterocycles. The van der Waals surface area contributed by atoms with Crippen LogP contribution in [0.3, 0.4) is 0 Å². The minimum Gasteiger partial charge on any atom is -0.466 e. The van der Waals surface area contributed by atoms with Crippen molar-refractivity contribution in [1.82, 2.24) is 4.98 Å². The lowest BCUT2D eigenvalue weighted by molar-refractivity contribution is -0.154. The summed E-state index contributed by atoms with van der Waals surface area (Å²) in [6.45, 7) is 4.04. The highest BCUT2D eigenvalue weighted by atomic mass is 32.2. The Morgan fingerprint density at radius 2 is 1.69 bits per heavy atom. The number of hydrogen-bond acceptors (Lipinski definition) is 7. The van der Waals surface area contributed by atoms with E-state index in [9.17, 15) is 9.59 Å². The largest absolute Gasteiger partial charge is 0.466 e. The molecule has 0 amide bonds. The molecular weight excluding hydrogens is 406 g/mol. The zero-order chi connectivity index (χ0) is 20.6. The third-order valence-corrected chi connectivity index (χ3v) is 6.79. The smallest absolute Gasteiger partial charge is 0.311 e. The molecule has 2 aromatic carbocycles. The molecule has 2 unspecified atom stereocenters. The number of para-hydroxylation sites is 1. The molecule has 0 saturated heterocycles. The Morgan fingerprint density at radius 3 is 2.38 bits per heavy atom. The Morgan fingerprint density at radius 1 is 1.00 bits per heavy atom. The molecule has 0 aliphatic carbocycles. The van der Waals surface area contributed by atoms with Crippen LogP contribution in [0.5, 0.6) is 0 Å². The van der Waals surface area contributed by atoms with Crippen LogP contribution < -0.4 is 0 Å². The van der Waals surface area contributed by atoms with E-state index in [-0.39, 0.29) is 24.9 Å². The third kappa shape index (κ3) is 5.58. The van der Waals surface area contributed by atoms with Crippen LogP contribution in [0.1, 0.15) is 31.1 Å². The summed E-state index contributed by atoms with van der Waals surface area (Å²) in [5, 5.41) is -0.319. The maximum Gasteiger partial charge on any atom is 0.311 e. The fraction of sp³-hybridized carbons (Fsp3) is 0.318. The van der Waals surface area contributed by atoms with Crippen LogP contribution in [-0.2, 0) is 19.1 Å². The Kier molecular flexibility index (Phi) is 7.66. The van der Waals surface area contributed by atoms with E-state index in [1.807, 2.05) is 54.6 Å². The number of ether oxygens (including phenoxy) is 2. The van der Waals surface area contributed by atoms with Crippen molar-refractivity contribution in [1.29, 1.82) is 0 Å². The molecule has 152 valence electrons. The Balaban J connectivity index is 1.96. The van der Waals surface area contributed by atoms with Gasteiger partial charge >= 0.3 is 11.9 Å². The van der Waals surface area contributed by atoms with Gasteiger partial charge in [0.25, 0.3) is 0 Å². The van der Waals surface area contributed by atoms with Gasteiger partial charge in [-0.25, -0.2) is 4.98 Å². The second-order valence-corrected chi connectivity index (χ2v) is 8.68. The zero-order valence-electron chi connectivity index (χ0n) is 16.4. The van der Waals surface area contributed by atoms with Gasteiger partial charge in [0.05, 0.1) is 41.0 Å². The molecule has 2 atom stereocenters. The summed E-state index contributed by atoms with van der Waals surface area (Å²) in [5.41, 5.74) is 1.86. The zero-order valence-corrected chi connectivity index (χ0v) is 18.0. The van der Waals surface area contributed by atoms with Gasteiger partial charge < -0.3 is 9.47 Å². The maximum absolute atomic E-state index is 12.8. The molecule has 0 fully saturated rings. The van der Waals surface area contributed by atoms with E-state index in [1.54, 1.807) is 25.2 Å². The predicted octanol–water partition coefficient (Wildman–Crippen LogP) is 5.26. The average Bonchev–Trinajstić information content (AvgIpc) is 3.14. The number of carbonyl (C=O) groups excluding carboxylic acids is 2. The van der Waals surface area contributed by atoms with Gasteiger partial charge in [0, 0.05) is 0 Å². The minimum atomic E-state index is -0.673. The fourth-order valence-corrected chi connectivity index (χ4v) is 5.50. The summed E-state index contributed by atoms with van der Waals surface area (Å²) in [5.74, 6) is -1.48. The monoisotopic (exact) mass is 429 g/mol. The average molecular weight is 430 g/mol. The Labute approximate surface area is 178 Å². The van der Waals surface area contributed by atoms with E-state index < -0.39 is 17.9 Å². The van der Waals surface area contributed by atoms with E-state index in [4.69, 9.17) is 14.5 Å². The second-order valence-electron chi connectivity index (χ2n) is 6.26. The van der Waals surface area contributed by atoms with E-state index in [2.05, 4.69) is 0 Å². The summed E-state index contributed by atoms with van der Waals surface area (Å²) in [6, 6.07) is 17.6. The van der Waals surface area contributed by atoms with Gasteiger partial charge in [-0.3, -0.25) is 9.59 Å². The number of nitrogens with zero attached hydrogens (tertiary/aromatic N) is 1. The number of thioether (sulfide) groups is 1. The molecule has 1 aromatic heterocycles. The number of hydrogen-bond donors (Lipinski definition) is 0. The first-order valence-electron chi connectivity index (χ1n) is 9.51. The molecule has 0 radical (unpaired) electrons. The first kappa shape index (κ1) is 21.3. The SMILES string of the molecule is CCOC(=O)CC(C(=O)OCC)C(Sc1nc2ccccc2s1)c1ccccc1. The first-order valence-corrected chi connectivity index (χ1v) is 11.2. The molecule has 3 rings (SSSR count). The van der Waals surface area contributed by atoms with Gasteiger partial charge in [0.1, 0.15) is 0 Å². The van der Waals surface area contributed by atoms with Crippen LogP contribution in [0.15, 0.2) is 58.9 Å². The summed E-state index contributed by atoms with van der Waals surface area (Å²) >= 11 is 3.06. The molecule has 0 bridgehead atoms. The van der Waals surface area contributed by atoms with Crippen LogP contribution in [0.2, 0.25) is 0 Å². The van der Waals surface area contributed by atoms with Gasteiger partial charge in [0.15, 0.2) is 4.34 Å². The van der Waals surface area contributed by atoms with Crippen molar-refractivity contribution in [2.45, 2.75) is 29.9 Å². The van der Waals surface area contributed by atoms with E-state index >= 15 is 0 Å². The van der Waals surface area contributed by atoms with Gasteiger partial charge in [-0.1, -0.05) is 54.2 Å². The first-order chi connectivity index (χ1) is 14.1. The number of thiazole rings is 1. The number of benzene rings is 2. The van der Waals surface area contributed by atoms with Gasteiger partial charge in [-0.05, 0) is 31.5 Å². The summed E-state index contributed by atoms with van der Waals surface area (Å²) in [7, 11) is 0. The van der Waals surface area contributed by atoms with Crippen molar-refractivity contribution in [3.8, 4) is 0 Å². The quantitative estimate of drug-likeness (QED) is 0.341. The molecule has 0 aliphatic heterocycles. The molecule has 29 heavy (non-hydrogen) atoms. The highest BCUT2D eigenvalue weighted by Crippen LogP contribution is 2.45. The van der Waals surface area contributed by atoms with E-state index in [0.717, 1.165) is 20.1 Å². The normalized spacial score (nSPS) is 13.0. The maximum atomic E-state index is 12.8. The lowest BCUT2D eigenvalue weighted by atomic mass is 9.95. The van der Waals surface area contributed by atoms with Crippen LogP contribution in [0.25, 0.3) is 10.2 Å². The fourth-order valence-electron chi connectivity index (χ4n) is 3.00. The second kappa shape index (κ2) is 10.4.